The summed E-state index contributed by atoms with van der Waals surface area (Å²) >= 11 is 1.92. The molecule has 41 heavy (non-hydrogen) atoms. The van der Waals surface area contributed by atoms with Gasteiger partial charge in [0, 0.05) is 31.7 Å². The highest BCUT2D eigenvalue weighted by molar-refractivity contribution is 7.21. The van der Waals surface area contributed by atoms with Crippen LogP contribution in [0.5, 0.6) is 0 Å². The number of nitrogens with zero attached hydrogens (tertiary/aromatic N) is 2. The molecule has 0 unspecified atom stereocenters. The van der Waals surface area contributed by atoms with Gasteiger partial charge in [-0.2, -0.15) is 0 Å². The Morgan fingerprint density at radius 1 is 0.439 bits per heavy atom. The number of anilines is 2. The van der Waals surface area contributed by atoms with Gasteiger partial charge in [-0.1, -0.05) is 109 Å². The summed E-state index contributed by atoms with van der Waals surface area (Å²) in [6.07, 6.45) is 0. The van der Waals surface area contributed by atoms with E-state index in [0.29, 0.717) is 0 Å². The molecule has 5 aromatic rings. The molecule has 2 aliphatic rings. The molecule has 1 aromatic heterocycles. The Morgan fingerprint density at radius 2 is 0.854 bits per heavy atom. The number of benzene rings is 4. The van der Waals surface area contributed by atoms with Crippen molar-refractivity contribution in [1.29, 1.82) is 0 Å². The molecule has 0 aliphatic carbocycles. The van der Waals surface area contributed by atoms with Crippen LogP contribution in [-0.4, -0.2) is 52.6 Å². The van der Waals surface area contributed by atoms with Gasteiger partial charge in [-0.05, 0) is 33.4 Å². The van der Waals surface area contributed by atoms with Crippen LogP contribution in [0.15, 0.2) is 109 Å². The van der Waals surface area contributed by atoms with E-state index in [0.717, 1.165) is 52.6 Å². The summed E-state index contributed by atoms with van der Waals surface area (Å²) in [5.41, 5.74) is 10.2. The predicted octanol–water partition coefficient (Wildman–Crippen LogP) is 8.09. The van der Waals surface area contributed by atoms with Crippen LogP contribution < -0.4 is 9.80 Å². The lowest BCUT2D eigenvalue weighted by molar-refractivity contribution is 0.122. The summed E-state index contributed by atoms with van der Waals surface area (Å²) in [5.74, 6) is 0. The van der Waals surface area contributed by atoms with E-state index in [-0.39, 0.29) is 0 Å². The standard InChI is InChI=1S/C36H34N2O2S/c1-3-7-27(8-4-1)29-11-15-31(16-12-29)33-34(37-19-23-39-24-20-37)35(41-36(33)38-21-25-40-26-22-38)32-17-13-30(14-18-32)28-9-5-2-6-10-28/h1-18H,19-26H2. The molecular formula is C36H34N2O2S. The maximum atomic E-state index is 5.80. The van der Waals surface area contributed by atoms with Crippen molar-refractivity contribution in [2.45, 2.75) is 0 Å². The minimum atomic E-state index is 0.751. The highest BCUT2D eigenvalue weighted by atomic mass is 32.1. The summed E-state index contributed by atoms with van der Waals surface area (Å²) in [4.78, 5) is 6.40. The second-order valence-corrected chi connectivity index (χ2v) is 11.5. The summed E-state index contributed by atoms with van der Waals surface area (Å²) < 4.78 is 11.6. The Balaban J connectivity index is 1.37. The van der Waals surface area contributed by atoms with Gasteiger partial charge in [-0.3, -0.25) is 0 Å². The first-order chi connectivity index (χ1) is 20.3. The van der Waals surface area contributed by atoms with Crippen molar-refractivity contribution < 1.29 is 9.47 Å². The fraction of sp³-hybridized carbons (Fsp3) is 0.222. The van der Waals surface area contributed by atoms with Crippen LogP contribution in [0.25, 0.3) is 43.8 Å². The van der Waals surface area contributed by atoms with Gasteiger partial charge < -0.3 is 19.3 Å². The molecule has 2 saturated heterocycles. The maximum absolute atomic E-state index is 5.80. The molecule has 4 aromatic carbocycles. The molecule has 0 amide bonds. The zero-order chi connectivity index (χ0) is 27.4. The number of hydrogen-bond donors (Lipinski definition) is 0. The molecule has 0 saturated carbocycles. The van der Waals surface area contributed by atoms with Crippen molar-refractivity contribution in [3.8, 4) is 43.8 Å². The smallest absolute Gasteiger partial charge is 0.102 e. The molecule has 2 aliphatic heterocycles. The van der Waals surface area contributed by atoms with Crippen molar-refractivity contribution >= 4 is 22.0 Å². The van der Waals surface area contributed by atoms with Crippen molar-refractivity contribution in [2.75, 3.05) is 62.4 Å². The van der Waals surface area contributed by atoms with E-state index in [9.17, 15) is 0 Å². The molecule has 7 rings (SSSR count). The number of thiophene rings is 1. The molecule has 4 nitrogen and oxygen atoms in total. The average molecular weight is 559 g/mol. The molecular weight excluding hydrogens is 524 g/mol. The Labute approximate surface area is 246 Å². The lowest BCUT2D eigenvalue weighted by atomic mass is 9.98. The molecule has 5 heteroatoms. The molecule has 206 valence electrons. The topological polar surface area (TPSA) is 24.9 Å². The van der Waals surface area contributed by atoms with Crippen molar-refractivity contribution in [2.24, 2.45) is 0 Å². The summed E-state index contributed by atoms with van der Waals surface area (Å²) in [6.45, 7) is 6.63. The maximum Gasteiger partial charge on any atom is 0.102 e. The van der Waals surface area contributed by atoms with E-state index in [2.05, 4.69) is 119 Å². The number of morpholine rings is 2. The SMILES string of the molecule is c1ccc(-c2ccc(-c3sc(N4CCOCC4)c(-c4ccc(-c5ccccc5)cc4)c3N3CCOCC3)cc2)cc1. The van der Waals surface area contributed by atoms with Gasteiger partial charge in [0.05, 0.1) is 37.0 Å². The number of rotatable bonds is 6. The molecule has 0 N–H and O–H groups in total. The van der Waals surface area contributed by atoms with Crippen molar-refractivity contribution in [3.05, 3.63) is 109 Å². The molecule has 0 radical (unpaired) electrons. The van der Waals surface area contributed by atoms with Gasteiger partial charge in [0.25, 0.3) is 0 Å². The van der Waals surface area contributed by atoms with E-state index in [1.54, 1.807) is 0 Å². The average Bonchev–Trinajstić information content (AvgIpc) is 3.47. The van der Waals surface area contributed by atoms with E-state index in [1.165, 1.54) is 54.5 Å². The lowest BCUT2D eigenvalue weighted by Gasteiger charge is -2.32. The van der Waals surface area contributed by atoms with Gasteiger partial charge >= 0.3 is 0 Å². The van der Waals surface area contributed by atoms with Crippen molar-refractivity contribution in [1.82, 2.24) is 0 Å². The first-order valence-electron chi connectivity index (χ1n) is 14.5. The quantitative estimate of drug-likeness (QED) is 0.210. The number of hydrogen-bond acceptors (Lipinski definition) is 5. The van der Waals surface area contributed by atoms with E-state index >= 15 is 0 Å². The molecule has 0 atom stereocenters. The highest BCUT2D eigenvalue weighted by Gasteiger charge is 2.29. The van der Waals surface area contributed by atoms with Crippen LogP contribution in [0.3, 0.4) is 0 Å². The van der Waals surface area contributed by atoms with Gasteiger partial charge in [-0.15, -0.1) is 11.3 Å². The minimum absolute atomic E-state index is 0.751. The first-order valence-corrected chi connectivity index (χ1v) is 15.3. The normalized spacial score (nSPS) is 15.7. The Kier molecular flexibility index (Phi) is 7.56. The minimum Gasteiger partial charge on any atom is -0.378 e. The van der Waals surface area contributed by atoms with Gasteiger partial charge in [-0.25, -0.2) is 0 Å². The van der Waals surface area contributed by atoms with Crippen LogP contribution in [0.2, 0.25) is 0 Å². The fourth-order valence-electron chi connectivity index (χ4n) is 5.85. The monoisotopic (exact) mass is 558 g/mol. The molecule has 2 fully saturated rings. The summed E-state index contributed by atoms with van der Waals surface area (Å²) in [6, 6.07) is 39.5. The third-order valence-electron chi connectivity index (χ3n) is 8.02. The zero-order valence-electron chi connectivity index (χ0n) is 23.2. The van der Waals surface area contributed by atoms with Crippen LogP contribution in [0.4, 0.5) is 10.7 Å². The first kappa shape index (κ1) is 26.0. The highest BCUT2D eigenvalue weighted by Crippen LogP contribution is 2.53. The van der Waals surface area contributed by atoms with Crippen LogP contribution >= 0.6 is 11.3 Å². The molecule has 0 bridgehead atoms. The Morgan fingerprint density at radius 3 is 1.37 bits per heavy atom. The number of ether oxygens (including phenoxy) is 2. The molecule has 0 spiro atoms. The Hall–Kier alpha value is -3.90. The zero-order valence-corrected chi connectivity index (χ0v) is 24.0. The van der Waals surface area contributed by atoms with Crippen LogP contribution in [-0.2, 0) is 9.47 Å². The van der Waals surface area contributed by atoms with Gasteiger partial charge in [0.1, 0.15) is 5.00 Å². The third kappa shape index (κ3) is 5.41. The van der Waals surface area contributed by atoms with Crippen LogP contribution in [0, 0.1) is 0 Å². The van der Waals surface area contributed by atoms with Gasteiger partial charge in [0.2, 0.25) is 0 Å². The third-order valence-corrected chi connectivity index (χ3v) is 9.31. The van der Waals surface area contributed by atoms with Crippen molar-refractivity contribution in [3.63, 3.8) is 0 Å². The van der Waals surface area contributed by atoms with Gasteiger partial charge in [0.15, 0.2) is 0 Å². The summed E-state index contributed by atoms with van der Waals surface area (Å²) in [7, 11) is 0. The van der Waals surface area contributed by atoms with E-state index in [4.69, 9.17) is 9.47 Å². The van der Waals surface area contributed by atoms with E-state index < -0.39 is 0 Å². The van der Waals surface area contributed by atoms with E-state index in [1.807, 2.05) is 11.3 Å². The molecule has 3 heterocycles. The predicted molar refractivity (Wildman–Crippen MR) is 172 cm³/mol. The largest absolute Gasteiger partial charge is 0.378 e. The van der Waals surface area contributed by atoms with Crippen LogP contribution in [0.1, 0.15) is 0 Å². The Bertz CT molecular complexity index is 1570. The second-order valence-electron chi connectivity index (χ2n) is 10.5. The lowest BCUT2D eigenvalue weighted by Crippen LogP contribution is -2.37. The fourth-order valence-corrected chi connectivity index (χ4v) is 7.25. The second kappa shape index (κ2) is 11.9. The summed E-state index contributed by atoms with van der Waals surface area (Å²) in [5, 5.41) is 1.34.